The molecule has 0 aliphatic carbocycles. The predicted molar refractivity (Wildman–Crippen MR) is 84.9 cm³/mol. The van der Waals surface area contributed by atoms with E-state index in [9.17, 15) is 4.39 Å². The van der Waals surface area contributed by atoms with Gasteiger partial charge in [-0.3, -0.25) is 0 Å². The third-order valence-corrected chi connectivity index (χ3v) is 4.49. The lowest BCUT2D eigenvalue weighted by molar-refractivity contribution is 0.617. The number of aromatic nitrogens is 4. The van der Waals surface area contributed by atoms with Crippen molar-refractivity contribution in [1.29, 1.82) is 0 Å². The van der Waals surface area contributed by atoms with Crippen molar-refractivity contribution in [1.82, 2.24) is 20.2 Å². The maximum atomic E-state index is 13.8. The van der Waals surface area contributed by atoms with Crippen LogP contribution in [0.1, 0.15) is 11.1 Å². The highest BCUT2D eigenvalue weighted by Crippen LogP contribution is 2.28. The quantitative estimate of drug-likeness (QED) is 0.675. The van der Waals surface area contributed by atoms with Gasteiger partial charge in [0.15, 0.2) is 0 Å². The Hall–Kier alpha value is -1.92. The van der Waals surface area contributed by atoms with Gasteiger partial charge in [0.2, 0.25) is 5.16 Å². The van der Waals surface area contributed by atoms with Gasteiger partial charge in [0, 0.05) is 16.3 Å². The first-order chi connectivity index (χ1) is 10.7. The van der Waals surface area contributed by atoms with Crippen LogP contribution in [0.5, 0.6) is 0 Å². The van der Waals surface area contributed by atoms with Gasteiger partial charge in [-0.05, 0) is 41.1 Å². The molecule has 0 saturated heterocycles. The Kier molecular flexibility index (Phi) is 4.40. The molecule has 0 N–H and O–H groups in total. The summed E-state index contributed by atoms with van der Waals surface area (Å²) >= 11 is 7.38. The zero-order valence-electron chi connectivity index (χ0n) is 11.7. The minimum atomic E-state index is -0.324. The zero-order chi connectivity index (χ0) is 15.5. The van der Waals surface area contributed by atoms with E-state index >= 15 is 0 Å². The summed E-state index contributed by atoms with van der Waals surface area (Å²) in [7, 11) is 0. The molecule has 0 saturated carbocycles. The topological polar surface area (TPSA) is 43.6 Å². The number of rotatable bonds is 4. The minimum absolute atomic E-state index is 0.324. The number of halogens is 2. The molecule has 1 heterocycles. The smallest absolute Gasteiger partial charge is 0.207 e. The van der Waals surface area contributed by atoms with Gasteiger partial charge in [0.05, 0.1) is 5.69 Å². The first-order valence-corrected chi connectivity index (χ1v) is 7.93. The lowest BCUT2D eigenvalue weighted by Gasteiger charge is -2.08. The molecule has 3 rings (SSSR count). The number of para-hydroxylation sites is 1. The summed E-state index contributed by atoms with van der Waals surface area (Å²) in [5.74, 6) is 0.0347. The number of tetrazole rings is 1. The summed E-state index contributed by atoms with van der Waals surface area (Å²) in [6.07, 6.45) is 0. The van der Waals surface area contributed by atoms with Crippen molar-refractivity contribution in [3.05, 3.63) is 64.4 Å². The normalized spacial score (nSPS) is 10.9. The van der Waals surface area contributed by atoms with E-state index in [-0.39, 0.29) is 5.82 Å². The van der Waals surface area contributed by atoms with Crippen LogP contribution in [-0.4, -0.2) is 20.2 Å². The number of hydrogen-bond acceptors (Lipinski definition) is 4. The van der Waals surface area contributed by atoms with Crippen LogP contribution in [0.15, 0.2) is 47.6 Å². The fraction of sp³-hybridized carbons (Fsp3) is 0.133. The summed E-state index contributed by atoms with van der Waals surface area (Å²) < 4.78 is 15.5. The lowest BCUT2D eigenvalue weighted by Crippen LogP contribution is -2.01. The van der Waals surface area contributed by atoms with Gasteiger partial charge in [0.1, 0.15) is 5.82 Å². The molecule has 3 aromatic rings. The van der Waals surface area contributed by atoms with Crippen LogP contribution >= 0.6 is 23.4 Å². The van der Waals surface area contributed by atoms with Crippen LogP contribution in [0.4, 0.5) is 4.39 Å². The maximum Gasteiger partial charge on any atom is 0.214 e. The molecule has 2 aromatic carbocycles. The van der Waals surface area contributed by atoms with E-state index in [0.29, 0.717) is 21.5 Å². The number of hydrogen-bond donors (Lipinski definition) is 0. The molecule has 0 atom stereocenters. The molecular formula is C15H12ClFN4S. The fourth-order valence-corrected chi connectivity index (χ4v) is 3.26. The monoisotopic (exact) mass is 334 g/mol. The molecular weight excluding hydrogens is 323 g/mol. The van der Waals surface area contributed by atoms with Crippen molar-refractivity contribution >= 4 is 23.4 Å². The summed E-state index contributed by atoms with van der Waals surface area (Å²) in [5, 5.41) is 12.7. The van der Waals surface area contributed by atoms with Gasteiger partial charge >= 0.3 is 0 Å². The molecule has 0 bridgehead atoms. The van der Waals surface area contributed by atoms with Crippen molar-refractivity contribution in [2.24, 2.45) is 0 Å². The SMILES string of the molecule is Cc1ccccc1-n1nnnc1SCc1c(F)cccc1Cl. The van der Waals surface area contributed by atoms with Crippen LogP contribution in [0, 0.1) is 12.7 Å². The van der Waals surface area contributed by atoms with Crippen molar-refractivity contribution < 1.29 is 4.39 Å². The fourth-order valence-electron chi connectivity index (χ4n) is 2.03. The van der Waals surface area contributed by atoms with Gasteiger partial charge in [-0.25, -0.2) is 4.39 Å². The molecule has 0 spiro atoms. The first kappa shape index (κ1) is 15.0. The van der Waals surface area contributed by atoms with E-state index in [1.165, 1.54) is 17.8 Å². The largest absolute Gasteiger partial charge is 0.214 e. The molecule has 0 radical (unpaired) electrons. The highest BCUT2D eigenvalue weighted by atomic mass is 35.5. The van der Waals surface area contributed by atoms with Crippen LogP contribution in [-0.2, 0) is 5.75 Å². The average Bonchev–Trinajstić information content (AvgIpc) is 2.95. The lowest BCUT2D eigenvalue weighted by atomic mass is 10.2. The highest BCUT2D eigenvalue weighted by Gasteiger charge is 2.13. The Morgan fingerprint density at radius 2 is 2.00 bits per heavy atom. The van der Waals surface area contributed by atoms with Crippen molar-refractivity contribution in [3.63, 3.8) is 0 Å². The third kappa shape index (κ3) is 2.98. The van der Waals surface area contributed by atoms with Crippen molar-refractivity contribution in [2.75, 3.05) is 0 Å². The Balaban J connectivity index is 1.86. The van der Waals surface area contributed by atoms with Gasteiger partial charge in [0.25, 0.3) is 0 Å². The van der Waals surface area contributed by atoms with E-state index in [2.05, 4.69) is 15.5 Å². The molecule has 0 fully saturated rings. The van der Waals surface area contributed by atoms with Crippen molar-refractivity contribution in [2.45, 2.75) is 17.8 Å². The van der Waals surface area contributed by atoms with E-state index < -0.39 is 0 Å². The molecule has 112 valence electrons. The summed E-state index contributed by atoms with van der Waals surface area (Å²) in [6, 6.07) is 12.5. The Bertz CT molecular complexity index is 785. The zero-order valence-corrected chi connectivity index (χ0v) is 13.3. The summed E-state index contributed by atoms with van der Waals surface area (Å²) in [5.41, 5.74) is 2.41. The molecule has 22 heavy (non-hydrogen) atoms. The van der Waals surface area contributed by atoms with E-state index in [0.717, 1.165) is 11.3 Å². The maximum absolute atomic E-state index is 13.8. The Labute approximate surface area is 136 Å². The molecule has 0 aliphatic heterocycles. The summed E-state index contributed by atoms with van der Waals surface area (Å²) in [4.78, 5) is 0. The molecule has 7 heteroatoms. The predicted octanol–water partition coefficient (Wildman–Crippen LogP) is 4.06. The second kappa shape index (κ2) is 6.46. The first-order valence-electron chi connectivity index (χ1n) is 6.57. The average molecular weight is 335 g/mol. The summed E-state index contributed by atoms with van der Waals surface area (Å²) in [6.45, 7) is 1.99. The van der Waals surface area contributed by atoms with Crippen LogP contribution in [0.2, 0.25) is 5.02 Å². The van der Waals surface area contributed by atoms with E-state index in [4.69, 9.17) is 11.6 Å². The minimum Gasteiger partial charge on any atom is -0.207 e. The third-order valence-electron chi connectivity index (χ3n) is 3.19. The second-order valence-electron chi connectivity index (χ2n) is 4.65. The van der Waals surface area contributed by atoms with Gasteiger partial charge < -0.3 is 0 Å². The molecule has 4 nitrogen and oxygen atoms in total. The van der Waals surface area contributed by atoms with E-state index in [1.807, 2.05) is 31.2 Å². The standard InChI is InChI=1S/C15H12ClFN4S/c1-10-5-2-3-8-14(10)21-15(18-19-20-21)22-9-11-12(16)6-4-7-13(11)17/h2-8H,9H2,1H3. The van der Waals surface area contributed by atoms with E-state index in [1.54, 1.807) is 16.8 Å². The van der Waals surface area contributed by atoms with Crippen LogP contribution < -0.4 is 0 Å². The second-order valence-corrected chi connectivity index (χ2v) is 6.00. The number of nitrogens with zero attached hydrogens (tertiary/aromatic N) is 4. The van der Waals surface area contributed by atoms with Crippen molar-refractivity contribution in [3.8, 4) is 5.69 Å². The number of thioether (sulfide) groups is 1. The van der Waals surface area contributed by atoms with Crippen LogP contribution in [0.3, 0.4) is 0 Å². The molecule has 0 aliphatic rings. The Morgan fingerprint density at radius 1 is 1.18 bits per heavy atom. The molecule has 0 unspecified atom stereocenters. The highest BCUT2D eigenvalue weighted by molar-refractivity contribution is 7.98. The van der Waals surface area contributed by atoms with Gasteiger partial charge in [-0.2, -0.15) is 4.68 Å². The van der Waals surface area contributed by atoms with Gasteiger partial charge in [-0.1, -0.05) is 47.6 Å². The van der Waals surface area contributed by atoms with Crippen LogP contribution in [0.25, 0.3) is 5.69 Å². The number of benzene rings is 2. The molecule has 0 amide bonds. The Morgan fingerprint density at radius 3 is 2.77 bits per heavy atom. The number of aryl methyl sites for hydroxylation is 1. The molecule has 1 aromatic heterocycles. The van der Waals surface area contributed by atoms with Gasteiger partial charge in [-0.15, -0.1) is 5.10 Å².